The van der Waals surface area contributed by atoms with Crippen molar-refractivity contribution in [3.8, 4) is 0 Å². The molecule has 1 N–H and O–H groups in total. The molecule has 3 aliphatic heterocycles. The Morgan fingerprint density at radius 2 is 2.05 bits per heavy atom. The van der Waals surface area contributed by atoms with Crippen LogP contribution in [0.25, 0.3) is 0 Å². The van der Waals surface area contributed by atoms with Gasteiger partial charge in [-0.1, -0.05) is 0 Å². The van der Waals surface area contributed by atoms with Crippen LogP contribution in [-0.2, 0) is 9.59 Å². The average molecular weight is 305 g/mol. The van der Waals surface area contributed by atoms with Crippen molar-refractivity contribution in [1.29, 1.82) is 0 Å². The summed E-state index contributed by atoms with van der Waals surface area (Å²) in [6, 6.07) is 0.440. The van der Waals surface area contributed by atoms with Crippen LogP contribution in [0.15, 0.2) is 0 Å². The van der Waals surface area contributed by atoms with Gasteiger partial charge >= 0.3 is 0 Å². The van der Waals surface area contributed by atoms with Crippen LogP contribution in [0.5, 0.6) is 0 Å². The van der Waals surface area contributed by atoms with Gasteiger partial charge in [0, 0.05) is 38.6 Å². The highest BCUT2D eigenvalue weighted by Gasteiger charge is 2.44. The Labute approximate surface area is 132 Å². The van der Waals surface area contributed by atoms with Crippen LogP contribution in [0.4, 0.5) is 0 Å². The number of hydrogen-bond donors (Lipinski definition) is 1. The third kappa shape index (κ3) is 3.00. The lowest BCUT2D eigenvalue weighted by atomic mass is 9.76. The summed E-state index contributed by atoms with van der Waals surface area (Å²) in [7, 11) is 0. The summed E-state index contributed by atoms with van der Waals surface area (Å²) in [4.78, 5) is 28.7. The van der Waals surface area contributed by atoms with Gasteiger partial charge in [-0.15, -0.1) is 0 Å². The van der Waals surface area contributed by atoms with E-state index in [0.29, 0.717) is 30.3 Å². The van der Waals surface area contributed by atoms with Crippen molar-refractivity contribution in [3.05, 3.63) is 0 Å². The fraction of sp³-hybridized carbons (Fsp3) is 0.882. The number of nitrogens with zero attached hydrogens (tertiary/aromatic N) is 2. The minimum atomic E-state index is 0.184. The Morgan fingerprint density at radius 1 is 1.18 bits per heavy atom. The number of nitrogens with one attached hydrogen (secondary N) is 1. The largest absolute Gasteiger partial charge is 0.355 e. The standard InChI is InChI=1S/C17H27N3O2/c21-16(18-7-12-4-5-12)11-19-8-13-6-14(10-19)15-2-1-3-17(22)20(15)9-13/h12-15H,1-11H2,(H,18,21)/t13-,14-,15-/m1/s1. The van der Waals surface area contributed by atoms with Gasteiger partial charge in [0.05, 0.1) is 6.54 Å². The zero-order valence-corrected chi connectivity index (χ0v) is 13.3. The van der Waals surface area contributed by atoms with Crippen LogP contribution in [0, 0.1) is 17.8 Å². The highest BCUT2D eigenvalue weighted by molar-refractivity contribution is 5.78. The Balaban J connectivity index is 1.33. The van der Waals surface area contributed by atoms with Gasteiger partial charge in [-0.05, 0) is 49.9 Å². The van der Waals surface area contributed by atoms with Crippen LogP contribution in [0.3, 0.4) is 0 Å². The molecule has 0 unspecified atom stereocenters. The molecule has 5 nitrogen and oxygen atoms in total. The number of likely N-dealkylation sites (tertiary alicyclic amines) is 1. The molecule has 1 saturated carbocycles. The second kappa shape index (κ2) is 5.84. The molecule has 3 heterocycles. The van der Waals surface area contributed by atoms with Gasteiger partial charge in [0.25, 0.3) is 0 Å². The van der Waals surface area contributed by atoms with Crippen molar-refractivity contribution < 1.29 is 9.59 Å². The minimum absolute atomic E-state index is 0.184. The second-order valence-corrected chi connectivity index (χ2v) is 7.81. The maximum absolute atomic E-state index is 12.1. The summed E-state index contributed by atoms with van der Waals surface area (Å²) in [6.45, 7) is 4.29. The molecule has 0 radical (unpaired) electrons. The number of carbonyl (C=O) groups is 2. The van der Waals surface area contributed by atoms with E-state index in [1.807, 2.05) is 0 Å². The van der Waals surface area contributed by atoms with E-state index in [1.165, 1.54) is 19.3 Å². The molecule has 3 atom stereocenters. The maximum atomic E-state index is 12.1. The fourth-order valence-electron chi connectivity index (χ4n) is 4.68. The number of rotatable bonds is 4. The van der Waals surface area contributed by atoms with Gasteiger partial charge in [-0.2, -0.15) is 0 Å². The molecule has 0 aromatic carbocycles. The first kappa shape index (κ1) is 14.5. The molecule has 1 aliphatic carbocycles. The molecule has 3 saturated heterocycles. The summed E-state index contributed by atoms with van der Waals surface area (Å²) >= 11 is 0. The molecule has 4 rings (SSSR count). The van der Waals surface area contributed by atoms with Gasteiger partial charge in [-0.3, -0.25) is 14.5 Å². The molecule has 5 heteroatoms. The van der Waals surface area contributed by atoms with Crippen LogP contribution in [-0.4, -0.2) is 60.4 Å². The summed E-state index contributed by atoms with van der Waals surface area (Å²) in [5.74, 6) is 2.43. The smallest absolute Gasteiger partial charge is 0.234 e. The first-order chi connectivity index (χ1) is 10.7. The Morgan fingerprint density at radius 3 is 2.86 bits per heavy atom. The fourth-order valence-corrected chi connectivity index (χ4v) is 4.68. The number of amides is 2. The normalized spacial score (nSPS) is 35.2. The Bertz CT molecular complexity index is 463. The molecular formula is C17H27N3O2. The molecule has 4 fully saturated rings. The molecule has 0 aromatic heterocycles. The highest BCUT2D eigenvalue weighted by atomic mass is 16.2. The van der Waals surface area contributed by atoms with Crippen molar-refractivity contribution in [2.24, 2.45) is 17.8 Å². The summed E-state index contributed by atoms with van der Waals surface area (Å²) < 4.78 is 0. The quantitative estimate of drug-likeness (QED) is 0.837. The minimum Gasteiger partial charge on any atom is -0.355 e. The zero-order chi connectivity index (χ0) is 15.1. The number of fused-ring (bicyclic) bond motifs is 4. The van der Waals surface area contributed by atoms with Crippen molar-refractivity contribution in [1.82, 2.24) is 15.1 Å². The molecule has 0 aromatic rings. The summed E-state index contributed by atoms with van der Waals surface area (Å²) in [6.07, 6.45) is 6.74. The third-order valence-electron chi connectivity index (χ3n) is 5.91. The van der Waals surface area contributed by atoms with Gasteiger partial charge in [0.1, 0.15) is 0 Å². The van der Waals surface area contributed by atoms with E-state index in [4.69, 9.17) is 0 Å². The summed E-state index contributed by atoms with van der Waals surface area (Å²) in [5.41, 5.74) is 0. The predicted octanol–water partition coefficient (Wildman–Crippen LogP) is 0.845. The van der Waals surface area contributed by atoms with E-state index in [2.05, 4.69) is 15.1 Å². The Hall–Kier alpha value is -1.10. The lowest BCUT2D eigenvalue weighted by molar-refractivity contribution is -0.145. The molecule has 122 valence electrons. The first-order valence-corrected chi connectivity index (χ1v) is 8.97. The number of piperidine rings is 3. The molecule has 0 spiro atoms. The molecule has 2 amide bonds. The Kier molecular flexibility index (Phi) is 3.84. The monoisotopic (exact) mass is 305 g/mol. The zero-order valence-electron chi connectivity index (χ0n) is 13.3. The van der Waals surface area contributed by atoms with Crippen molar-refractivity contribution in [3.63, 3.8) is 0 Å². The van der Waals surface area contributed by atoms with Crippen molar-refractivity contribution >= 4 is 11.8 Å². The van der Waals surface area contributed by atoms with Crippen LogP contribution in [0.1, 0.15) is 38.5 Å². The van der Waals surface area contributed by atoms with E-state index in [9.17, 15) is 9.59 Å². The van der Waals surface area contributed by atoms with E-state index < -0.39 is 0 Å². The topological polar surface area (TPSA) is 52.7 Å². The van der Waals surface area contributed by atoms with Gasteiger partial charge in [-0.25, -0.2) is 0 Å². The molecule has 2 bridgehead atoms. The predicted molar refractivity (Wildman–Crippen MR) is 83.1 cm³/mol. The SMILES string of the molecule is O=C(CN1C[C@H]2C[C@H](C1)[C@H]1CCCC(=O)N1C2)NCC1CC1. The van der Waals surface area contributed by atoms with Crippen molar-refractivity contribution in [2.75, 3.05) is 32.7 Å². The van der Waals surface area contributed by atoms with Crippen LogP contribution in [0.2, 0.25) is 0 Å². The molecule has 22 heavy (non-hydrogen) atoms. The number of hydrogen-bond acceptors (Lipinski definition) is 3. The average Bonchev–Trinajstić information content (AvgIpc) is 3.31. The number of carbonyl (C=O) groups excluding carboxylic acids is 2. The second-order valence-electron chi connectivity index (χ2n) is 7.81. The van der Waals surface area contributed by atoms with Crippen LogP contribution < -0.4 is 5.32 Å². The van der Waals surface area contributed by atoms with Crippen molar-refractivity contribution in [2.45, 2.75) is 44.6 Å². The van der Waals surface area contributed by atoms with E-state index in [1.54, 1.807) is 0 Å². The lowest BCUT2D eigenvalue weighted by Crippen LogP contribution is -2.61. The van der Waals surface area contributed by atoms with E-state index in [-0.39, 0.29) is 5.91 Å². The molecular weight excluding hydrogens is 278 g/mol. The van der Waals surface area contributed by atoms with Crippen LogP contribution >= 0.6 is 0 Å². The van der Waals surface area contributed by atoms with Gasteiger partial charge in [0.15, 0.2) is 0 Å². The lowest BCUT2D eigenvalue weighted by Gasteiger charge is -2.52. The van der Waals surface area contributed by atoms with E-state index in [0.717, 1.165) is 51.4 Å². The first-order valence-electron chi connectivity index (χ1n) is 8.97. The van der Waals surface area contributed by atoms with Gasteiger partial charge < -0.3 is 10.2 Å². The maximum Gasteiger partial charge on any atom is 0.234 e. The van der Waals surface area contributed by atoms with Gasteiger partial charge in [0.2, 0.25) is 11.8 Å². The summed E-state index contributed by atoms with van der Waals surface area (Å²) in [5, 5.41) is 3.08. The highest BCUT2D eigenvalue weighted by Crippen LogP contribution is 2.37. The molecule has 4 aliphatic rings. The van der Waals surface area contributed by atoms with E-state index >= 15 is 0 Å². The third-order valence-corrected chi connectivity index (χ3v) is 5.91.